The summed E-state index contributed by atoms with van der Waals surface area (Å²) in [5.41, 5.74) is 5.61. The maximum Gasteiger partial charge on any atom is 0.573 e. The van der Waals surface area contributed by atoms with Gasteiger partial charge < -0.3 is 9.30 Å². The van der Waals surface area contributed by atoms with Gasteiger partial charge in [0, 0.05) is 35.3 Å². The number of fused-ring (bicyclic) bond motifs is 4. The van der Waals surface area contributed by atoms with E-state index in [1.54, 1.807) is 22.4 Å². The lowest BCUT2D eigenvalue weighted by Crippen LogP contribution is -2.23. The Morgan fingerprint density at radius 2 is 1.66 bits per heavy atom. The van der Waals surface area contributed by atoms with Crippen molar-refractivity contribution in [3.8, 4) is 28.8 Å². The molecule has 0 N–H and O–H groups in total. The fourth-order valence-electron chi connectivity index (χ4n) is 4.63. The Hall–Kier alpha value is -5.17. The number of ether oxygens (including phenoxy) is 1. The highest BCUT2D eigenvalue weighted by Gasteiger charge is 2.31. The van der Waals surface area contributed by atoms with E-state index < -0.39 is 6.36 Å². The molecule has 3 heterocycles. The third-order valence-electron chi connectivity index (χ3n) is 6.31. The molecule has 186 valence electrons. The molecule has 3 aromatic heterocycles. The maximum atomic E-state index is 12.7. The van der Waals surface area contributed by atoms with Gasteiger partial charge in [-0.25, -0.2) is 0 Å². The van der Waals surface area contributed by atoms with Gasteiger partial charge in [0.05, 0.1) is 28.3 Å². The van der Waals surface area contributed by atoms with E-state index in [0.29, 0.717) is 27.9 Å². The number of pyridine rings is 2. The van der Waals surface area contributed by atoms with Gasteiger partial charge in [0.2, 0.25) is 11.8 Å². The van der Waals surface area contributed by atoms with Crippen LogP contribution in [0.15, 0.2) is 90.2 Å². The topological polar surface area (TPSA) is 81.0 Å². The normalized spacial score (nSPS) is 12.3. The minimum Gasteiger partial charge on any atom is -0.406 e. The highest BCUT2D eigenvalue weighted by Crippen LogP contribution is 2.31. The Labute approximate surface area is 213 Å². The average molecular weight is 510 g/mol. The van der Waals surface area contributed by atoms with E-state index in [0.717, 1.165) is 27.4 Å². The summed E-state index contributed by atoms with van der Waals surface area (Å²) in [4.78, 5) is 13.2. The lowest BCUT2D eigenvalue weighted by molar-refractivity contribution is -0.274. The van der Waals surface area contributed by atoms with Gasteiger partial charge in [0.25, 0.3) is 0 Å². The molecule has 10 heteroatoms. The quantitative estimate of drug-likeness (QED) is 0.273. The van der Waals surface area contributed by atoms with Crippen LogP contribution in [0.4, 0.5) is 13.2 Å². The third kappa shape index (κ3) is 4.00. The van der Waals surface area contributed by atoms with Gasteiger partial charge in [-0.2, -0.15) is 5.26 Å². The standard InChI is InChI=1S/C28H17F3N6O/c1-36-25-15-34-24-11-6-17(19-12-18-4-2-3-5-23(18)33-14-19)13-22(24)26(25)37(27(36)35-16-32)20-7-9-21(10-8-20)38-28(29,30)31/h2-15H,1H3. The second kappa shape index (κ2) is 8.74. The zero-order valence-corrected chi connectivity index (χ0v) is 19.8. The predicted molar refractivity (Wildman–Crippen MR) is 136 cm³/mol. The van der Waals surface area contributed by atoms with Crippen LogP contribution < -0.4 is 10.4 Å². The molecule has 3 aromatic carbocycles. The first-order chi connectivity index (χ1) is 18.3. The van der Waals surface area contributed by atoms with E-state index in [1.165, 1.54) is 24.3 Å². The number of halogens is 3. The summed E-state index contributed by atoms with van der Waals surface area (Å²) < 4.78 is 45.5. The summed E-state index contributed by atoms with van der Waals surface area (Å²) in [6, 6.07) is 21.2. The smallest absolute Gasteiger partial charge is 0.406 e. The van der Waals surface area contributed by atoms with E-state index in [4.69, 9.17) is 0 Å². The zero-order chi connectivity index (χ0) is 26.4. The molecule has 0 spiro atoms. The second-order valence-electron chi connectivity index (χ2n) is 8.59. The fourth-order valence-corrected chi connectivity index (χ4v) is 4.63. The van der Waals surface area contributed by atoms with Crippen molar-refractivity contribution < 1.29 is 17.9 Å². The summed E-state index contributed by atoms with van der Waals surface area (Å²) >= 11 is 0. The van der Waals surface area contributed by atoms with Crippen molar-refractivity contribution in [3.05, 3.63) is 90.8 Å². The first-order valence-corrected chi connectivity index (χ1v) is 11.5. The second-order valence-corrected chi connectivity index (χ2v) is 8.59. The predicted octanol–water partition coefficient (Wildman–Crippen LogP) is 6.01. The summed E-state index contributed by atoms with van der Waals surface area (Å²) in [6.07, 6.45) is 0.517. The summed E-state index contributed by atoms with van der Waals surface area (Å²) in [5.74, 6) is -0.349. The van der Waals surface area contributed by atoms with Crippen molar-refractivity contribution in [3.63, 3.8) is 0 Å². The summed E-state index contributed by atoms with van der Waals surface area (Å²) in [6.45, 7) is 0. The molecule has 0 aliphatic rings. The lowest BCUT2D eigenvalue weighted by atomic mass is 10.0. The van der Waals surface area contributed by atoms with Crippen molar-refractivity contribution in [2.45, 2.75) is 6.36 Å². The molecule has 0 saturated carbocycles. The van der Waals surface area contributed by atoms with Gasteiger partial charge in [-0.15, -0.1) is 18.2 Å². The monoisotopic (exact) mass is 510 g/mol. The minimum absolute atomic E-state index is 0.291. The molecule has 38 heavy (non-hydrogen) atoms. The molecule has 0 radical (unpaired) electrons. The van der Waals surface area contributed by atoms with Crippen molar-refractivity contribution in [1.29, 1.82) is 5.26 Å². The number of hydrogen-bond donors (Lipinski definition) is 0. The average Bonchev–Trinajstić information content (AvgIpc) is 3.19. The van der Waals surface area contributed by atoms with Crippen LogP contribution in [0.5, 0.6) is 5.75 Å². The molecular weight excluding hydrogens is 493 g/mol. The van der Waals surface area contributed by atoms with Gasteiger partial charge in [0.15, 0.2) is 0 Å². The van der Waals surface area contributed by atoms with Crippen LogP contribution in [0.3, 0.4) is 0 Å². The van der Waals surface area contributed by atoms with Gasteiger partial charge in [-0.05, 0) is 54.1 Å². The third-order valence-corrected chi connectivity index (χ3v) is 6.31. The summed E-state index contributed by atoms with van der Waals surface area (Å²) in [7, 11) is 1.75. The Balaban J connectivity index is 1.61. The van der Waals surface area contributed by atoms with Crippen LogP contribution in [0, 0.1) is 11.5 Å². The highest BCUT2D eigenvalue weighted by molar-refractivity contribution is 6.04. The van der Waals surface area contributed by atoms with Crippen LogP contribution in [0.1, 0.15) is 0 Å². The molecule has 0 aliphatic heterocycles. The minimum atomic E-state index is -4.80. The number of nitrogens with zero attached hydrogens (tertiary/aromatic N) is 6. The molecule has 0 unspecified atom stereocenters. The van der Waals surface area contributed by atoms with Gasteiger partial charge in [-0.3, -0.25) is 14.5 Å². The number of hydrogen-bond acceptors (Lipinski definition) is 5. The van der Waals surface area contributed by atoms with E-state index in [9.17, 15) is 18.4 Å². The maximum absolute atomic E-state index is 12.7. The molecule has 6 aromatic rings. The first-order valence-electron chi connectivity index (χ1n) is 11.5. The van der Waals surface area contributed by atoms with Crippen LogP contribution >= 0.6 is 0 Å². The van der Waals surface area contributed by atoms with Crippen molar-refractivity contribution in [1.82, 2.24) is 19.1 Å². The Bertz CT molecular complexity index is 1960. The lowest BCUT2D eigenvalue weighted by Gasteiger charge is -2.11. The van der Waals surface area contributed by atoms with E-state index in [1.807, 2.05) is 54.9 Å². The number of nitriles is 1. The Morgan fingerprint density at radius 1 is 0.895 bits per heavy atom. The van der Waals surface area contributed by atoms with E-state index in [2.05, 4.69) is 25.8 Å². The number of aromatic nitrogens is 4. The Morgan fingerprint density at radius 3 is 2.42 bits per heavy atom. The van der Waals surface area contributed by atoms with Gasteiger partial charge in [0.1, 0.15) is 5.75 Å². The number of aryl methyl sites for hydroxylation is 1. The molecule has 0 atom stereocenters. The molecule has 6 rings (SSSR count). The first kappa shape index (κ1) is 23.2. The molecular formula is C28H17F3N6O. The van der Waals surface area contributed by atoms with Crippen molar-refractivity contribution in [2.75, 3.05) is 0 Å². The fraction of sp³-hybridized carbons (Fsp3) is 0.0714. The number of alkyl halides is 3. The summed E-state index contributed by atoms with van der Waals surface area (Å²) in [5, 5.41) is 11.2. The van der Waals surface area contributed by atoms with Crippen LogP contribution in [0.25, 0.3) is 49.7 Å². The molecule has 0 fully saturated rings. The zero-order valence-electron chi connectivity index (χ0n) is 19.8. The van der Waals surface area contributed by atoms with Crippen LogP contribution in [-0.2, 0) is 7.05 Å². The largest absolute Gasteiger partial charge is 0.573 e. The highest BCUT2D eigenvalue weighted by atomic mass is 19.4. The number of rotatable bonds is 3. The van der Waals surface area contributed by atoms with Gasteiger partial charge >= 0.3 is 6.36 Å². The van der Waals surface area contributed by atoms with Crippen molar-refractivity contribution >= 4 is 32.8 Å². The molecule has 7 nitrogen and oxygen atoms in total. The van der Waals surface area contributed by atoms with Crippen molar-refractivity contribution in [2.24, 2.45) is 12.0 Å². The van der Waals surface area contributed by atoms with E-state index in [-0.39, 0.29) is 5.75 Å². The molecule has 0 bridgehead atoms. The molecule has 0 saturated heterocycles. The molecule has 0 aliphatic carbocycles. The van der Waals surface area contributed by atoms with Crippen LogP contribution in [-0.4, -0.2) is 25.5 Å². The molecule has 0 amide bonds. The SMILES string of the molecule is Cn1c(=NC#N)n(-c2ccc(OC(F)(F)F)cc2)c2c3cc(-c4cnc5ccccc5c4)ccc3ncc21. The Kier molecular flexibility index (Phi) is 5.35. The van der Waals surface area contributed by atoms with Crippen LogP contribution in [0.2, 0.25) is 0 Å². The number of imidazole rings is 1. The number of para-hydroxylation sites is 1. The van der Waals surface area contributed by atoms with Gasteiger partial charge in [-0.1, -0.05) is 24.3 Å². The van der Waals surface area contributed by atoms with E-state index >= 15 is 0 Å². The number of benzene rings is 3.